The molecule has 0 N–H and O–H groups in total. The topological polar surface area (TPSA) is 73.8 Å². The summed E-state index contributed by atoms with van der Waals surface area (Å²) < 4.78 is 29.0. The lowest BCUT2D eigenvalue weighted by Gasteiger charge is -2.30. The van der Waals surface area contributed by atoms with Crippen molar-refractivity contribution in [2.24, 2.45) is 0 Å². The Morgan fingerprint density at radius 1 is 1.05 bits per heavy atom. The number of hydrogen-bond acceptors (Lipinski definition) is 6. The quantitative estimate of drug-likeness (QED) is 0.287. The first-order valence-corrected chi connectivity index (χ1v) is 16.0. The van der Waals surface area contributed by atoms with Gasteiger partial charge in [0.15, 0.2) is 5.13 Å². The van der Waals surface area contributed by atoms with Gasteiger partial charge in [-0.25, -0.2) is 13.4 Å². The summed E-state index contributed by atoms with van der Waals surface area (Å²) in [5.41, 5.74) is 2.22. The van der Waals surface area contributed by atoms with Gasteiger partial charge in [-0.1, -0.05) is 56.0 Å². The maximum atomic E-state index is 13.8. The summed E-state index contributed by atoms with van der Waals surface area (Å²) >= 11 is 7.71. The van der Waals surface area contributed by atoms with Crippen LogP contribution in [0.5, 0.6) is 0 Å². The Kier molecular flexibility index (Phi) is 9.47. The van der Waals surface area contributed by atoms with E-state index in [9.17, 15) is 13.2 Å². The Morgan fingerprint density at radius 3 is 2.34 bits per heavy atom. The van der Waals surface area contributed by atoms with E-state index in [1.54, 1.807) is 36.2 Å². The van der Waals surface area contributed by atoms with Crippen LogP contribution in [0.25, 0.3) is 10.2 Å². The molecule has 2 aromatic carbocycles. The van der Waals surface area contributed by atoms with Crippen LogP contribution < -0.4 is 4.90 Å². The summed E-state index contributed by atoms with van der Waals surface area (Å²) in [5.74, 6) is -0.204. The Labute approximate surface area is 235 Å². The first kappa shape index (κ1) is 29.0. The van der Waals surface area contributed by atoms with E-state index in [4.69, 9.17) is 16.6 Å². The molecule has 1 aliphatic rings. The van der Waals surface area contributed by atoms with Crippen LogP contribution in [0.3, 0.4) is 0 Å². The van der Waals surface area contributed by atoms with Crippen molar-refractivity contribution in [2.75, 3.05) is 38.1 Å². The number of carbonyl (C=O) groups excluding carboxylic acids is 1. The van der Waals surface area contributed by atoms with Gasteiger partial charge in [-0.3, -0.25) is 9.69 Å². The lowest BCUT2D eigenvalue weighted by Crippen LogP contribution is -2.39. The SMILES string of the molecule is CCN(CC)CCN(C(=O)c1ccc(S(=O)(=O)N(C)C2CCCCC2)cc1)c1nc2c(C)cc(Cl)cc2s1. The van der Waals surface area contributed by atoms with E-state index in [2.05, 4.69) is 18.7 Å². The van der Waals surface area contributed by atoms with Gasteiger partial charge >= 0.3 is 0 Å². The minimum Gasteiger partial charge on any atom is -0.302 e. The van der Waals surface area contributed by atoms with Gasteiger partial charge in [0.1, 0.15) is 0 Å². The number of benzene rings is 2. The summed E-state index contributed by atoms with van der Waals surface area (Å²) in [4.78, 5) is 22.8. The van der Waals surface area contributed by atoms with E-state index in [0.29, 0.717) is 28.8 Å². The molecule has 0 spiro atoms. The molecule has 1 heterocycles. The zero-order valence-corrected chi connectivity index (χ0v) is 25.0. The van der Waals surface area contributed by atoms with Gasteiger partial charge in [-0.15, -0.1) is 0 Å². The largest absolute Gasteiger partial charge is 0.302 e. The lowest BCUT2D eigenvalue weighted by atomic mass is 9.96. The van der Waals surface area contributed by atoms with Crippen molar-refractivity contribution < 1.29 is 13.2 Å². The monoisotopic (exact) mass is 576 g/mol. The van der Waals surface area contributed by atoms with Gasteiger partial charge in [-0.2, -0.15) is 4.31 Å². The maximum absolute atomic E-state index is 13.8. The minimum absolute atomic E-state index is 0.0293. The molecule has 3 aromatic rings. The molecule has 1 fully saturated rings. The number of anilines is 1. The lowest BCUT2D eigenvalue weighted by molar-refractivity contribution is 0.0983. The standard InChI is InChI=1S/C28H37ClN4O3S2/c1-5-32(6-2)16-17-33(28-30-26-20(3)18-22(29)19-25(26)37-28)27(34)21-12-14-24(15-13-21)38(35,36)31(4)23-10-8-7-9-11-23/h12-15,18-19,23H,5-11,16-17H2,1-4H3. The Balaban J connectivity index is 1.62. The third-order valence-electron chi connectivity index (χ3n) is 7.52. The van der Waals surface area contributed by atoms with Crippen molar-refractivity contribution in [3.05, 3.63) is 52.5 Å². The van der Waals surface area contributed by atoms with Crippen molar-refractivity contribution in [3.8, 4) is 0 Å². The van der Waals surface area contributed by atoms with Crippen molar-refractivity contribution in [3.63, 3.8) is 0 Å². The first-order chi connectivity index (χ1) is 18.1. The second kappa shape index (κ2) is 12.4. The fourth-order valence-electron chi connectivity index (χ4n) is 5.06. The number of hydrogen-bond donors (Lipinski definition) is 0. The molecular weight excluding hydrogens is 540 g/mol. The van der Waals surface area contributed by atoms with Gasteiger partial charge in [0.05, 0.1) is 15.1 Å². The number of aryl methyl sites for hydroxylation is 1. The number of sulfonamides is 1. The number of halogens is 1. The van der Waals surface area contributed by atoms with Crippen LogP contribution in [-0.4, -0.2) is 67.8 Å². The van der Waals surface area contributed by atoms with Crippen LogP contribution in [0.4, 0.5) is 5.13 Å². The normalized spacial score (nSPS) is 15.0. The fraction of sp³-hybridized carbons (Fsp3) is 0.500. The van der Waals surface area contributed by atoms with E-state index in [-0.39, 0.29) is 16.8 Å². The molecule has 1 aliphatic carbocycles. The van der Waals surface area contributed by atoms with Crippen LogP contribution in [0, 0.1) is 6.92 Å². The molecule has 1 saturated carbocycles. The molecule has 0 saturated heterocycles. The van der Waals surface area contributed by atoms with Gasteiger partial charge in [-0.05, 0) is 74.8 Å². The molecule has 206 valence electrons. The molecule has 0 atom stereocenters. The highest BCUT2D eigenvalue weighted by molar-refractivity contribution is 7.89. The Bertz CT molecular complexity index is 1360. The average molecular weight is 577 g/mol. The maximum Gasteiger partial charge on any atom is 0.260 e. The van der Waals surface area contributed by atoms with Crippen LogP contribution in [-0.2, 0) is 10.0 Å². The highest BCUT2D eigenvalue weighted by Crippen LogP contribution is 2.34. The fourth-order valence-corrected chi connectivity index (χ4v) is 7.92. The molecule has 38 heavy (non-hydrogen) atoms. The number of amides is 1. The van der Waals surface area contributed by atoms with Crippen molar-refractivity contribution in [1.29, 1.82) is 0 Å². The predicted molar refractivity (Wildman–Crippen MR) is 157 cm³/mol. The Morgan fingerprint density at radius 2 is 1.71 bits per heavy atom. The number of thiazole rings is 1. The molecule has 4 rings (SSSR count). The number of rotatable bonds is 10. The third-order valence-corrected chi connectivity index (χ3v) is 10.7. The summed E-state index contributed by atoms with van der Waals surface area (Å²) in [7, 11) is -1.96. The van der Waals surface area contributed by atoms with E-state index in [1.165, 1.54) is 15.6 Å². The second-order valence-electron chi connectivity index (χ2n) is 9.89. The third kappa shape index (κ3) is 6.23. The predicted octanol–water partition coefficient (Wildman–Crippen LogP) is 6.20. The second-order valence-corrected chi connectivity index (χ2v) is 13.3. The molecule has 0 aliphatic heterocycles. The molecule has 10 heteroatoms. The molecule has 7 nitrogen and oxygen atoms in total. The van der Waals surface area contributed by atoms with E-state index in [0.717, 1.165) is 61.0 Å². The minimum atomic E-state index is -3.63. The van der Waals surface area contributed by atoms with E-state index >= 15 is 0 Å². The van der Waals surface area contributed by atoms with Crippen LogP contribution >= 0.6 is 22.9 Å². The van der Waals surface area contributed by atoms with Crippen molar-refractivity contribution >= 4 is 54.2 Å². The molecule has 0 radical (unpaired) electrons. The van der Waals surface area contributed by atoms with Gasteiger partial charge in [0.25, 0.3) is 5.91 Å². The van der Waals surface area contributed by atoms with Crippen LogP contribution in [0.15, 0.2) is 41.3 Å². The summed E-state index contributed by atoms with van der Waals surface area (Å²) in [6, 6.07) is 10.1. The number of likely N-dealkylation sites (N-methyl/N-ethyl adjacent to an activating group) is 1. The molecule has 0 unspecified atom stereocenters. The number of nitrogens with zero attached hydrogens (tertiary/aromatic N) is 4. The molecule has 0 bridgehead atoms. The number of aromatic nitrogens is 1. The number of fused-ring (bicyclic) bond motifs is 1. The van der Waals surface area contributed by atoms with Gasteiger partial charge in [0.2, 0.25) is 10.0 Å². The smallest absolute Gasteiger partial charge is 0.260 e. The number of carbonyl (C=O) groups is 1. The van der Waals surface area contributed by atoms with Crippen molar-refractivity contribution in [2.45, 2.75) is 63.8 Å². The zero-order chi connectivity index (χ0) is 27.4. The highest BCUT2D eigenvalue weighted by atomic mass is 35.5. The molecule has 1 amide bonds. The van der Waals surface area contributed by atoms with Crippen molar-refractivity contribution in [1.82, 2.24) is 14.2 Å². The van der Waals surface area contributed by atoms with E-state index in [1.807, 2.05) is 19.1 Å². The summed E-state index contributed by atoms with van der Waals surface area (Å²) in [6.45, 7) is 9.10. The van der Waals surface area contributed by atoms with Crippen LogP contribution in [0.2, 0.25) is 5.02 Å². The van der Waals surface area contributed by atoms with E-state index < -0.39 is 10.0 Å². The van der Waals surface area contributed by atoms with Gasteiger partial charge in [0, 0.05) is 36.8 Å². The summed E-state index contributed by atoms with van der Waals surface area (Å²) in [6.07, 6.45) is 5.05. The highest BCUT2D eigenvalue weighted by Gasteiger charge is 2.29. The van der Waals surface area contributed by atoms with Gasteiger partial charge < -0.3 is 4.90 Å². The molecule has 1 aromatic heterocycles. The summed E-state index contributed by atoms with van der Waals surface area (Å²) in [5, 5.41) is 1.25. The Hall–Kier alpha value is -2.04. The first-order valence-electron chi connectivity index (χ1n) is 13.3. The van der Waals surface area contributed by atoms with Crippen LogP contribution in [0.1, 0.15) is 61.9 Å². The zero-order valence-electron chi connectivity index (χ0n) is 22.6. The molecular formula is C28H37ClN4O3S2. The average Bonchev–Trinajstić information content (AvgIpc) is 3.35.